The standard InChI is InChI=1S/C26H26ClFN4O3/c1-4-23(31(3)24(33)5-2)26(34)18-13-19(21(28)14-20(18)27)25-17-7-6-16(12-22(17)29-15-30-25)32-8-10-35-11-9-32/h4-7,12-15,26,34H,2,8-11H2,1,3H3/b23-4-. The maximum Gasteiger partial charge on any atom is 0.249 e. The zero-order valence-electron chi connectivity index (χ0n) is 19.5. The van der Waals surface area contributed by atoms with Gasteiger partial charge in [0, 0.05) is 53.1 Å². The van der Waals surface area contributed by atoms with E-state index in [9.17, 15) is 9.90 Å². The summed E-state index contributed by atoms with van der Waals surface area (Å²) in [7, 11) is 1.52. The Balaban J connectivity index is 1.77. The van der Waals surface area contributed by atoms with E-state index in [0.29, 0.717) is 29.8 Å². The maximum atomic E-state index is 15.2. The average Bonchev–Trinajstić information content (AvgIpc) is 2.88. The average molecular weight is 497 g/mol. The van der Waals surface area contributed by atoms with Crippen LogP contribution in [0.3, 0.4) is 0 Å². The number of aromatic nitrogens is 2. The van der Waals surface area contributed by atoms with Crippen LogP contribution in [0.25, 0.3) is 22.2 Å². The molecule has 1 fully saturated rings. The Hall–Kier alpha value is -3.33. The molecule has 1 unspecified atom stereocenters. The number of allylic oxidation sites excluding steroid dienone is 1. The maximum absolute atomic E-state index is 15.2. The topological polar surface area (TPSA) is 78.8 Å². The Morgan fingerprint density at radius 3 is 2.71 bits per heavy atom. The number of aliphatic hydroxyl groups is 1. The number of fused-ring (bicyclic) bond motifs is 1. The molecule has 7 nitrogen and oxygen atoms in total. The van der Waals surface area contributed by atoms with Crippen LogP contribution in [-0.4, -0.2) is 59.2 Å². The van der Waals surface area contributed by atoms with Crippen LogP contribution in [-0.2, 0) is 9.53 Å². The highest BCUT2D eigenvalue weighted by Crippen LogP contribution is 2.37. The van der Waals surface area contributed by atoms with E-state index in [1.807, 2.05) is 18.2 Å². The predicted molar refractivity (Wildman–Crippen MR) is 135 cm³/mol. The van der Waals surface area contributed by atoms with E-state index in [0.717, 1.165) is 30.9 Å². The van der Waals surface area contributed by atoms with Crippen molar-refractivity contribution in [2.24, 2.45) is 0 Å². The number of hydrogen-bond donors (Lipinski definition) is 1. The summed E-state index contributed by atoms with van der Waals surface area (Å²) in [6.45, 7) is 8.06. The molecule has 1 aromatic heterocycles. The number of morpholine rings is 1. The van der Waals surface area contributed by atoms with Crippen LogP contribution in [0.15, 0.2) is 61.1 Å². The lowest BCUT2D eigenvalue weighted by Gasteiger charge is -2.29. The number of amides is 1. The Morgan fingerprint density at radius 1 is 1.29 bits per heavy atom. The smallest absolute Gasteiger partial charge is 0.249 e. The van der Waals surface area contributed by atoms with E-state index in [4.69, 9.17) is 16.3 Å². The number of halogens is 2. The van der Waals surface area contributed by atoms with Gasteiger partial charge in [0.25, 0.3) is 0 Å². The lowest BCUT2D eigenvalue weighted by atomic mass is 9.98. The molecule has 0 saturated carbocycles. The van der Waals surface area contributed by atoms with Gasteiger partial charge in [-0.25, -0.2) is 14.4 Å². The zero-order chi connectivity index (χ0) is 25.1. The van der Waals surface area contributed by atoms with E-state index in [1.54, 1.807) is 13.0 Å². The van der Waals surface area contributed by atoms with Crippen molar-refractivity contribution >= 4 is 34.1 Å². The Kier molecular flexibility index (Phi) is 7.45. The summed E-state index contributed by atoms with van der Waals surface area (Å²) in [5, 5.41) is 11.8. The summed E-state index contributed by atoms with van der Waals surface area (Å²) >= 11 is 6.33. The molecule has 1 atom stereocenters. The molecule has 1 aliphatic heterocycles. The molecule has 1 N–H and O–H groups in total. The van der Waals surface area contributed by atoms with Crippen LogP contribution in [0, 0.1) is 5.82 Å². The second-order valence-corrected chi connectivity index (χ2v) is 8.50. The molecule has 182 valence electrons. The van der Waals surface area contributed by atoms with Crippen molar-refractivity contribution in [1.82, 2.24) is 14.9 Å². The van der Waals surface area contributed by atoms with Gasteiger partial charge in [-0.05, 0) is 43.3 Å². The first-order valence-corrected chi connectivity index (χ1v) is 11.5. The van der Waals surface area contributed by atoms with Gasteiger partial charge in [0.1, 0.15) is 18.2 Å². The second-order valence-electron chi connectivity index (χ2n) is 8.09. The number of anilines is 1. The molecule has 35 heavy (non-hydrogen) atoms. The van der Waals surface area contributed by atoms with Gasteiger partial charge >= 0.3 is 0 Å². The number of aliphatic hydroxyl groups excluding tert-OH is 1. The lowest BCUT2D eigenvalue weighted by Crippen LogP contribution is -2.36. The van der Waals surface area contributed by atoms with Gasteiger partial charge in [0.2, 0.25) is 5.91 Å². The fraction of sp³-hybridized carbons (Fsp3) is 0.269. The Morgan fingerprint density at radius 2 is 2.03 bits per heavy atom. The van der Waals surface area contributed by atoms with E-state index in [1.165, 1.54) is 24.3 Å². The van der Waals surface area contributed by atoms with Crippen molar-refractivity contribution < 1.29 is 19.0 Å². The molecule has 1 saturated heterocycles. The van der Waals surface area contributed by atoms with Gasteiger partial charge in [-0.2, -0.15) is 0 Å². The van der Waals surface area contributed by atoms with Crippen LogP contribution in [0.1, 0.15) is 18.6 Å². The third-order valence-electron chi connectivity index (χ3n) is 6.10. The first-order chi connectivity index (χ1) is 16.8. The second kappa shape index (κ2) is 10.5. The van der Waals surface area contributed by atoms with Crippen LogP contribution in [0.2, 0.25) is 5.02 Å². The predicted octanol–water partition coefficient (Wildman–Crippen LogP) is 4.51. The van der Waals surface area contributed by atoms with Gasteiger partial charge in [-0.3, -0.25) is 4.79 Å². The molecule has 1 aliphatic rings. The summed E-state index contributed by atoms with van der Waals surface area (Å²) < 4.78 is 20.6. The number of carbonyl (C=O) groups is 1. The molecular weight excluding hydrogens is 471 g/mol. The number of hydrogen-bond acceptors (Lipinski definition) is 6. The number of nitrogens with zero attached hydrogens (tertiary/aromatic N) is 4. The molecule has 9 heteroatoms. The molecule has 4 rings (SSSR count). The third kappa shape index (κ3) is 4.91. The summed E-state index contributed by atoms with van der Waals surface area (Å²) in [4.78, 5) is 24.3. The van der Waals surface area contributed by atoms with Crippen LogP contribution in [0.4, 0.5) is 10.1 Å². The molecule has 0 radical (unpaired) electrons. The summed E-state index contributed by atoms with van der Waals surface area (Å²) in [6, 6.07) is 8.39. The van der Waals surface area contributed by atoms with E-state index in [-0.39, 0.29) is 21.8 Å². The Bertz CT molecular complexity index is 1310. The molecule has 1 amide bonds. The van der Waals surface area contributed by atoms with Crippen molar-refractivity contribution in [3.05, 3.63) is 77.5 Å². The van der Waals surface area contributed by atoms with E-state index < -0.39 is 17.8 Å². The largest absolute Gasteiger partial charge is 0.382 e. The first kappa shape index (κ1) is 24.8. The van der Waals surface area contributed by atoms with Crippen molar-refractivity contribution in [3.63, 3.8) is 0 Å². The third-order valence-corrected chi connectivity index (χ3v) is 6.43. The van der Waals surface area contributed by atoms with E-state index in [2.05, 4.69) is 21.4 Å². The number of carbonyl (C=O) groups excluding carboxylic acids is 1. The van der Waals surface area contributed by atoms with Crippen LogP contribution >= 0.6 is 11.6 Å². The summed E-state index contributed by atoms with van der Waals surface area (Å²) in [5.41, 5.74) is 2.76. The monoisotopic (exact) mass is 496 g/mol. The summed E-state index contributed by atoms with van der Waals surface area (Å²) in [6.07, 6.45) is 2.85. The minimum absolute atomic E-state index is 0.0329. The van der Waals surface area contributed by atoms with Gasteiger partial charge in [0.05, 0.1) is 24.4 Å². The highest BCUT2D eigenvalue weighted by molar-refractivity contribution is 6.31. The molecule has 0 aliphatic carbocycles. The quantitative estimate of drug-likeness (QED) is 0.506. The van der Waals surface area contributed by atoms with Gasteiger partial charge < -0.3 is 19.6 Å². The van der Waals surface area contributed by atoms with Crippen molar-refractivity contribution in [2.75, 3.05) is 38.3 Å². The number of likely N-dealkylation sites (N-methyl/N-ethyl adjacent to an activating group) is 1. The van der Waals surface area contributed by atoms with Gasteiger partial charge in [-0.15, -0.1) is 0 Å². The molecule has 2 aromatic carbocycles. The highest BCUT2D eigenvalue weighted by Gasteiger charge is 2.24. The zero-order valence-corrected chi connectivity index (χ0v) is 20.3. The van der Waals surface area contributed by atoms with E-state index >= 15 is 4.39 Å². The number of benzene rings is 2. The normalized spacial score (nSPS) is 15.2. The molecule has 2 heterocycles. The fourth-order valence-electron chi connectivity index (χ4n) is 4.19. The number of rotatable bonds is 6. The molecule has 0 spiro atoms. The molecular formula is C26H26ClFN4O3. The minimum atomic E-state index is -1.28. The summed E-state index contributed by atoms with van der Waals surface area (Å²) in [5.74, 6) is -0.978. The van der Waals surface area contributed by atoms with Crippen molar-refractivity contribution in [1.29, 1.82) is 0 Å². The first-order valence-electron chi connectivity index (χ1n) is 11.2. The van der Waals surface area contributed by atoms with Gasteiger partial charge in [-0.1, -0.05) is 24.3 Å². The molecule has 3 aromatic rings. The number of ether oxygens (including phenoxy) is 1. The van der Waals surface area contributed by atoms with Crippen molar-refractivity contribution in [2.45, 2.75) is 13.0 Å². The SMILES string of the molecule is C=CC(=O)N(C)/C(=C\C)C(O)c1cc(-c2ncnc3cc(N4CCOCC4)ccc23)c(F)cc1Cl. The molecule has 0 bridgehead atoms. The van der Waals surface area contributed by atoms with Gasteiger partial charge in [0.15, 0.2) is 0 Å². The lowest BCUT2D eigenvalue weighted by molar-refractivity contribution is -0.123. The fourth-order valence-corrected chi connectivity index (χ4v) is 4.45. The Labute approximate surface area is 208 Å². The van der Waals surface area contributed by atoms with Crippen LogP contribution < -0.4 is 4.90 Å². The van der Waals surface area contributed by atoms with Crippen molar-refractivity contribution in [3.8, 4) is 11.3 Å². The highest BCUT2D eigenvalue weighted by atomic mass is 35.5. The minimum Gasteiger partial charge on any atom is -0.382 e. The van der Waals surface area contributed by atoms with Crippen LogP contribution in [0.5, 0.6) is 0 Å².